The summed E-state index contributed by atoms with van der Waals surface area (Å²) < 4.78 is 0. The van der Waals surface area contributed by atoms with Gasteiger partial charge in [-0.15, -0.1) is 0 Å². The maximum absolute atomic E-state index is 11.9. The molecule has 4 bridgehead atoms. The Labute approximate surface area is 154 Å². The smallest absolute Gasteiger partial charge is 0.285 e. The maximum Gasteiger partial charge on any atom is 0.292 e. The number of nitrogens with zero attached hydrogens (tertiary/aromatic N) is 1. The fourth-order valence-electron chi connectivity index (χ4n) is 5.40. The van der Waals surface area contributed by atoms with Gasteiger partial charge in [0.1, 0.15) is 0 Å². The van der Waals surface area contributed by atoms with E-state index >= 15 is 0 Å². The van der Waals surface area contributed by atoms with Crippen molar-refractivity contribution in [2.45, 2.75) is 63.5 Å². The molecule has 0 saturated heterocycles. The van der Waals surface area contributed by atoms with E-state index in [0.717, 1.165) is 23.7 Å². The molecule has 0 aromatic rings. The summed E-state index contributed by atoms with van der Waals surface area (Å²) in [5, 5.41) is 1.32. The summed E-state index contributed by atoms with van der Waals surface area (Å²) in [6, 6.07) is 0.955. The number of fused-ring (bicyclic) bond motifs is 4. The molecule has 0 heterocycles. The minimum atomic E-state index is -0.523. The highest BCUT2D eigenvalue weighted by Gasteiger charge is 2.46. The summed E-state index contributed by atoms with van der Waals surface area (Å²) >= 11 is 7.35. The number of rotatable bonds is 3. The van der Waals surface area contributed by atoms with Crippen molar-refractivity contribution in [1.29, 1.82) is 0 Å². The molecule has 8 heteroatoms. The average molecular weight is 373 g/mol. The lowest BCUT2D eigenvalue weighted by Crippen LogP contribution is -2.54. The number of hydrogen-bond donors (Lipinski definition) is 5. The van der Waals surface area contributed by atoms with Gasteiger partial charge >= 0.3 is 0 Å². The molecule has 0 aromatic heterocycles. The highest BCUT2D eigenvalue weighted by atomic mass is 32.1. The van der Waals surface area contributed by atoms with Crippen molar-refractivity contribution in [2.24, 2.45) is 29.5 Å². The minimum Gasteiger partial charge on any atom is -0.285 e. The van der Waals surface area contributed by atoms with Crippen LogP contribution in [0.3, 0.4) is 0 Å². The van der Waals surface area contributed by atoms with Gasteiger partial charge in [-0.25, -0.2) is 11.3 Å². The SMILES string of the molecule is NNC(=O)S.O=C(S)N(NC1CC2CCC1C2)C1CC2CCC1C2. The van der Waals surface area contributed by atoms with Gasteiger partial charge in [0.05, 0.1) is 6.04 Å². The monoisotopic (exact) mass is 372 g/mol. The molecule has 4 aliphatic carbocycles. The highest BCUT2D eigenvalue weighted by molar-refractivity contribution is 7.96. The van der Waals surface area contributed by atoms with Crippen LogP contribution in [0.25, 0.3) is 0 Å². The molecule has 6 unspecified atom stereocenters. The number of nitrogens with two attached hydrogens (primary N) is 1. The Kier molecular flexibility index (Phi) is 6.00. The maximum atomic E-state index is 11.9. The van der Waals surface area contributed by atoms with Crippen LogP contribution in [0.4, 0.5) is 9.59 Å². The van der Waals surface area contributed by atoms with E-state index in [2.05, 4.69) is 36.5 Å². The quantitative estimate of drug-likeness (QED) is 0.228. The van der Waals surface area contributed by atoms with Gasteiger partial charge in [-0.05, 0) is 62.2 Å². The van der Waals surface area contributed by atoms with Gasteiger partial charge in [0.25, 0.3) is 10.5 Å². The third-order valence-electron chi connectivity index (χ3n) is 6.40. The van der Waals surface area contributed by atoms with Crippen LogP contribution in [0.2, 0.25) is 0 Å². The van der Waals surface area contributed by atoms with Crippen LogP contribution < -0.4 is 16.7 Å². The van der Waals surface area contributed by atoms with Gasteiger partial charge in [-0.2, -0.15) is 0 Å². The number of hydrogen-bond acceptors (Lipinski definition) is 4. The summed E-state index contributed by atoms with van der Waals surface area (Å²) in [6.07, 6.45) is 10.6. The fraction of sp³-hybridized carbons (Fsp3) is 0.875. The highest BCUT2D eigenvalue weighted by Crippen LogP contribution is 2.48. The second-order valence-corrected chi connectivity index (χ2v) is 8.54. The second-order valence-electron chi connectivity index (χ2n) is 7.75. The fourth-order valence-corrected chi connectivity index (χ4v) is 5.61. The van der Waals surface area contributed by atoms with Gasteiger partial charge in [0, 0.05) is 6.04 Å². The third kappa shape index (κ3) is 4.03. The second kappa shape index (κ2) is 7.85. The van der Waals surface area contributed by atoms with Crippen LogP contribution >= 0.6 is 25.3 Å². The molecule has 4 fully saturated rings. The zero-order valence-corrected chi connectivity index (χ0v) is 15.6. The average Bonchev–Trinajstić information content (AvgIpc) is 3.32. The minimum absolute atomic E-state index is 0.0691. The van der Waals surface area contributed by atoms with Crippen LogP contribution in [-0.4, -0.2) is 27.6 Å². The molecule has 4 saturated carbocycles. The van der Waals surface area contributed by atoms with Gasteiger partial charge in [0.2, 0.25) is 0 Å². The van der Waals surface area contributed by atoms with Crippen LogP contribution in [0, 0.1) is 23.7 Å². The van der Waals surface area contributed by atoms with Gasteiger partial charge in [0.15, 0.2) is 0 Å². The van der Waals surface area contributed by atoms with E-state index < -0.39 is 5.24 Å². The van der Waals surface area contributed by atoms with E-state index in [4.69, 9.17) is 0 Å². The standard InChI is InChI=1S/C15H24N2OS.CH4N2OS/c18-15(19)17(14-8-10-2-4-12(14)6-10)16-13-7-9-1-3-11(13)5-9;2-3-1(4)5/h9-14,16H,1-8H2,(H,18,19);2H2,(H2,3,4,5). The molecule has 4 aliphatic rings. The lowest BCUT2D eigenvalue weighted by Gasteiger charge is -2.37. The molecule has 2 amide bonds. The first-order valence-electron chi connectivity index (χ1n) is 8.95. The summed E-state index contributed by atoms with van der Waals surface area (Å²) in [5.74, 6) is 7.81. The zero-order valence-electron chi connectivity index (χ0n) is 13.9. The van der Waals surface area contributed by atoms with Crippen LogP contribution in [0.5, 0.6) is 0 Å². The number of hydrazine groups is 2. The third-order valence-corrected chi connectivity index (χ3v) is 6.75. The molecule has 4 N–H and O–H groups in total. The molecule has 6 atom stereocenters. The van der Waals surface area contributed by atoms with E-state index in [1.54, 1.807) is 5.43 Å². The molecule has 0 radical (unpaired) electrons. The number of carbonyl (C=O) groups excluding carboxylic acids is 2. The molecule has 0 aliphatic heterocycles. The zero-order chi connectivity index (χ0) is 17.3. The summed E-state index contributed by atoms with van der Waals surface area (Å²) in [5.41, 5.74) is 5.33. The van der Waals surface area contributed by atoms with Crippen LogP contribution in [0.1, 0.15) is 51.4 Å². The first-order valence-corrected chi connectivity index (χ1v) is 9.85. The lowest BCUT2D eigenvalue weighted by atomic mass is 9.94. The normalized spacial score (nSPS) is 38.6. The molecule has 4 rings (SSSR count). The molecule has 0 aromatic carbocycles. The molecule has 24 heavy (non-hydrogen) atoms. The van der Waals surface area contributed by atoms with Crippen molar-refractivity contribution in [3.63, 3.8) is 0 Å². The molecule has 6 nitrogen and oxygen atoms in total. The predicted molar refractivity (Wildman–Crippen MR) is 99.5 cm³/mol. The largest absolute Gasteiger partial charge is 0.292 e. The molecule has 136 valence electrons. The van der Waals surface area contributed by atoms with Crippen LogP contribution in [0.15, 0.2) is 0 Å². The van der Waals surface area contributed by atoms with E-state index in [-0.39, 0.29) is 5.24 Å². The number of nitrogens with one attached hydrogen (secondary N) is 2. The Hall–Kier alpha value is -0.440. The summed E-state index contributed by atoms with van der Waals surface area (Å²) in [7, 11) is 0. The van der Waals surface area contributed by atoms with Crippen molar-refractivity contribution < 1.29 is 9.59 Å². The lowest BCUT2D eigenvalue weighted by molar-refractivity contribution is 0.0971. The Morgan fingerprint density at radius 2 is 1.50 bits per heavy atom. The first kappa shape index (κ1) is 18.4. The van der Waals surface area contributed by atoms with Gasteiger partial charge in [-0.3, -0.25) is 20.0 Å². The number of carbonyl (C=O) groups is 2. The van der Waals surface area contributed by atoms with E-state index in [1.165, 1.54) is 51.4 Å². The van der Waals surface area contributed by atoms with E-state index in [1.807, 2.05) is 5.01 Å². The van der Waals surface area contributed by atoms with Crippen molar-refractivity contribution in [2.75, 3.05) is 0 Å². The Morgan fingerprint density at radius 1 is 0.917 bits per heavy atom. The Morgan fingerprint density at radius 3 is 1.88 bits per heavy atom. The summed E-state index contributed by atoms with van der Waals surface area (Å²) in [6.45, 7) is 0. The van der Waals surface area contributed by atoms with Gasteiger partial charge in [-0.1, -0.05) is 38.1 Å². The van der Waals surface area contributed by atoms with Crippen molar-refractivity contribution in [3.05, 3.63) is 0 Å². The molecular weight excluding hydrogens is 344 g/mol. The predicted octanol–water partition coefficient (Wildman–Crippen LogP) is 2.72. The van der Waals surface area contributed by atoms with Gasteiger partial charge < -0.3 is 0 Å². The first-order chi connectivity index (χ1) is 11.5. The molecular formula is C16H28N4O2S2. The van der Waals surface area contributed by atoms with E-state index in [9.17, 15) is 9.59 Å². The Bertz CT molecular complexity index is 493. The molecule has 0 spiro atoms. The Balaban J connectivity index is 0.000000300. The van der Waals surface area contributed by atoms with Crippen molar-refractivity contribution >= 4 is 35.7 Å². The topological polar surface area (TPSA) is 87.5 Å². The van der Waals surface area contributed by atoms with Crippen molar-refractivity contribution in [3.8, 4) is 0 Å². The van der Waals surface area contributed by atoms with E-state index in [0.29, 0.717) is 12.1 Å². The summed E-state index contributed by atoms with van der Waals surface area (Å²) in [4.78, 5) is 21.4. The number of thiol groups is 2. The van der Waals surface area contributed by atoms with Crippen molar-refractivity contribution in [1.82, 2.24) is 15.9 Å². The van der Waals surface area contributed by atoms with Crippen LogP contribution in [-0.2, 0) is 0 Å². The number of amides is 2.